The topological polar surface area (TPSA) is 74.4 Å². The highest BCUT2D eigenvalue weighted by atomic mass is 16.5. The van der Waals surface area contributed by atoms with Crippen LogP contribution < -0.4 is 15.2 Å². The zero-order valence-corrected chi connectivity index (χ0v) is 14.0. The van der Waals surface area contributed by atoms with E-state index >= 15 is 0 Å². The zero-order chi connectivity index (χ0) is 17.8. The Kier molecular flexibility index (Phi) is 4.66. The lowest BCUT2D eigenvalue weighted by molar-refractivity contribution is 0.0734. The number of ether oxygens (including phenoxy) is 2. The highest BCUT2D eigenvalue weighted by molar-refractivity contribution is 5.97. The number of esters is 1. The number of hydrogen-bond acceptors (Lipinski definition) is 5. The van der Waals surface area contributed by atoms with Gasteiger partial charge in [0.05, 0.1) is 0 Å². The molecule has 5 heteroatoms. The van der Waals surface area contributed by atoms with Crippen molar-refractivity contribution in [1.82, 2.24) is 4.98 Å². The summed E-state index contributed by atoms with van der Waals surface area (Å²) in [7, 11) is 0. The highest BCUT2D eigenvalue weighted by Crippen LogP contribution is 2.25. The molecule has 0 aliphatic carbocycles. The Hall–Kier alpha value is -3.34. The van der Waals surface area contributed by atoms with Crippen molar-refractivity contribution in [3.8, 4) is 17.2 Å². The predicted molar refractivity (Wildman–Crippen MR) is 96.0 cm³/mol. The number of aromatic nitrogens is 1. The van der Waals surface area contributed by atoms with E-state index in [1.54, 1.807) is 37.3 Å². The molecule has 0 saturated carbocycles. The lowest BCUT2D eigenvalue weighted by Gasteiger charge is -2.10. The van der Waals surface area contributed by atoms with Gasteiger partial charge in [-0.2, -0.15) is 0 Å². The van der Waals surface area contributed by atoms with E-state index in [2.05, 4.69) is 4.98 Å². The Bertz CT molecular complexity index is 868. The normalized spacial score (nSPS) is 10.3. The number of rotatable bonds is 4. The largest absolute Gasteiger partial charge is 0.457 e. The molecule has 0 aliphatic rings. The van der Waals surface area contributed by atoms with Gasteiger partial charge in [0.15, 0.2) is 0 Å². The molecule has 5 nitrogen and oxygen atoms in total. The van der Waals surface area contributed by atoms with Gasteiger partial charge < -0.3 is 15.2 Å². The average Bonchev–Trinajstić information content (AvgIpc) is 2.56. The van der Waals surface area contributed by atoms with E-state index in [-0.39, 0.29) is 11.4 Å². The molecule has 25 heavy (non-hydrogen) atoms. The molecule has 0 unspecified atom stereocenters. The number of carbonyl (C=O) groups is 1. The van der Waals surface area contributed by atoms with Gasteiger partial charge in [0.25, 0.3) is 0 Å². The van der Waals surface area contributed by atoms with Crippen LogP contribution in [0.4, 0.5) is 5.82 Å². The fourth-order valence-electron chi connectivity index (χ4n) is 2.49. The molecule has 1 aromatic heterocycles. The van der Waals surface area contributed by atoms with E-state index in [1.165, 1.54) is 0 Å². The van der Waals surface area contributed by atoms with Crippen molar-refractivity contribution in [1.29, 1.82) is 0 Å². The Morgan fingerprint density at radius 2 is 1.52 bits per heavy atom. The number of nitrogen functional groups attached to an aromatic ring is 1. The second-order valence-corrected chi connectivity index (χ2v) is 5.62. The van der Waals surface area contributed by atoms with E-state index in [1.807, 2.05) is 37.3 Å². The minimum atomic E-state index is -0.528. The van der Waals surface area contributed by atoms with Crippen LogP contribution in [0.3, 0.4) is 0 Å². The van der Waals surface area contributed by atoms with Gasteiger partial charge in [0.1, 0.15) is 28.6 Å². The number of carbonyl (C=O) groups excluding carboxylic acids is 1. The Labute approximate surface area is 146 Å². The zero-order valence-electron chi connectivity index (χ0n) is 14.0. The van der Waals surface area contributed by atoms with Gasteiger partial charge in [-0.1, -0.05) is 18.2 Å². The van der Waals surface area contributed by atoms with E-state index in [0.717, 1.165) is 17.0 Å². The smallest absolute Gasteiger partial charge is 0.347 e. The maximum Gasteiger partial charge on any atom is 0.347 e. The molecule has 2 N–H and O–H groups in total. The number of aryl methyl sites for hydroxylation is 2. The summed E-state index contributed by atoms with van der Waals surface area (Å²) in [5, 5.41) is 0. The molecule has 0 spiro atoms. The summed E-state index contributed by atoms with van der Waals surface area (Å²) in [6, 6.07) is 18.0. The molecule has 0 amide bonds. The third-order valence-corrected chi connectivity index (χ3v) is 3.59. The summed E-state index contributed by atoms with van der Waals surface area (Å²) < 4.78 is 11.1. The molecule has 0 radical (unpaired) electrons. The first kappa shape index (κ1) is 16.5. The van der Waals surface area contributed by atoms with Gasteiger partial charge in [0, 0.05) is 5.69 Å². The predicted octanol–water partition coefficient (Wildman–Crippen LogP) is 4.29. The minimum absolute atomic E-state index is 0.173. The minimum Gasteiger partial charge on any atom is -0.457 e. The van der Waals surface area contributed by atoms with Crippen LogP contribution in [-0.4, -0.2) is 11.0 Å². The summed E-state index contributed by atoms with van der Waals surface area (Å²) >= 11 is 0. The van der Waals surface area contributed by atoms with Crippen LogP contribution in [0.2, 0.25) is 0 Å². The maximum atomic E-state index is 12.4. The molecule has 126 valence electrons. The third-order valence-electron chi connectivity index (χ3n) is 3.59. The quantitative estimate of drug-likeness (QED) is 0.569. The number of nitrogens with zero attached hydrogens (tertiary/aromatic N) is 1. The van der Waals surface area contributed by atoms with Crippen LogP contribution in [0.5, 0.6) is 17.2 Å². The van der Waals surface area contributed by atoms with Crippen molar-refractivity contribution < 1.29 is 14.3 Å². The molecule has 1 heterocycles. The average molecular weight is 334 g/mol. The summed E-state index contributed by atoms with van der Waals surface area (Å²) in [6.07, 6.45) is 0. The number of anilines is 1. The lowest BCUT2D eigenvalue weighted by atomic mass is 10.1. The summed E-state index contributed by atoms with van der Waals surface area (Å²) in [4.78, 5) is 16.5. The second kappa shape index (κ2) is 7.05. The number of hydrogen-bond donors (Lipinski definition) is 1. The molecular weight excluding hydrogens is 316 g/mol. The standard InChI is InChI=1S/C20H18N2O3/c1-13-12-14(2)22-19(21)18(13)20(23)25-17-10-8-16(9-11-17)24-15-6-4-3-5-7-15/h3-12H,1-2H3,(H2,21,22). The van der Waals surface area contributed by atoms with Gasteiger partial charge in [-0.15, -0.1) is 0 Å². The summed E-state index contributed by atoms with van der Waals surface area (Å²) in [5.41, 5.74) is 7.64. The monoisotopic (exact) mass is 334 g/mol. The van der Waals surface area contributed by atoms with Crippen molar-refractivity contribution in [2.24, 2.45) is 0 Å². The number of para-hydroxylation sites is 1. The number of pyridine rings is 1. The highest BCUT2D eigenvalue weighted by Gasteiger charge is 2.17. The number of nitrogens with two attached hydrogens (primary N) is 1. The molecule has 2 aromatic carbocycles. The first-order valence-corrected chi connectivity index (χ1v) is 7.82. The van der Waals surface area contributed by atoms with Crippen LogP contribution >= 0.6 is 0 Å². The first-order chi connectivity index (χ1) is 12.0. The van der Waals surface area contributed by atoms with Gasteiger partial charge in [-0.3, -0.25) is 0 Å². The van der Waals surface area contributed by atoms with Crippen molar-refractivity contribution in [3.63, 3.8) is 0 Å². The fraction of sp³-hybridized carbons (Fsp3) is 0.100. The van der Waals surface area contributed by atoms with Crippen molar-refractivity contribution in [3.05, 3.63) is 77.5 Å². The molecule has 0 fully saturated rings. The van der Waals surface area contributed by atoms with E-state index in [0.29, 0.717) is 11.5 Å². The van der Waals surface area contributed by atoms with E-state index in [9.17, 15) is 4.79 Å². The lowest BCUT2D eigenvalue weighted by Crippen LogP contribution is -2.14. The van der Waals surface area contributed by atoms with Crippen LogP contribution in [-0.2, 0) is 0 Å². The maximum absolute atomic E-state index is 12.4. The molecule has 0 aliphatic heterocycles. The van der Waals surface area contributed by atoms with Gasteiger partial charge >= 0.3 is 5.97 Å². The van der Waals surface area contributed by atoms with Crippen LogP contribution in [0.15, 0.2) is 60.7 Å². The first-order valence-electron chi connectivity index (χ1n) is 7.82. The van der Waals surface area contributed by atoms with Gasteiger partial charge in [-0.05, 0) is 61.9 Å². The Morgan fingerprint density at radius 3 is 2.16 bits per heavy atom. The third kappa shape index (κ3) is 3.95. The van der Waals surface area contributed by atoms with Crippen LogP contribution in [0, 0.1) is 13.8 Å². The SMILES string of the molecule is Cc1cc(C)c(C(=O)Oc2ccc(Oc3ccccc3)cc2)c(N)n1. The molecule has 3 aromatic rings. The van der Waals surface area contributed by atoms with Gasteiger partial charge in [0.2, 0.25) is 0 Å². The Balaban J connectivity index is 1.72. The molecule has 0 saturated heterocycles. The van der Waals surface area contributed by atoms with Gasteiger partial charge in [-0.25, -0.2) is 9.78 Å². The van der Waals surface area contributed by atoms with Crippen molar-refractivity contribution in [2.45, 2.75) is 13.8 Å². The summed E-state index contributed by atoms with van der Waals surface area (Å²) in [5.74, 6) is 1.44. The molecule has 3 rings (SSSR count). The number of benzene rings is 2. The van der Waals surface area contributed by atoms with Crippen LogP contribution in [0.1, 0.15) is 21.6 Å². The molecule has 0 bridgehead atoms. The fourth-order valence-corrected chi connectivity index (χ4v) is 2.49. The molecular formula is C20H18N2O3. The van der Waals surface area contributed by atoms with Crippen molar-refractivity contribution in [2.75, 3.05) is 5.73 Å². The second-order valence-electron chi connectivity index (χ2n) is 5.62. The van der Waals surface area contributed by atoms with Crippen molar-refractivity contribution >= 4 is 11.8 Å². The van der Waals surface area contributed by atoms with E-state index < -0.39 is 5.97 Å². The molecule has 0 atom stereocenters. The summed E-state index contributed by atoms with van der Waals surface area (Å²) in [6.45, 7) is 3.63. The van der Waals surface area contributed by atoms with Crippen LogP contribution in [0.25, 0.3) is 0 Å². The van der Waals surface area contributed by atoms with E-state index in [4.69, 9.17) is 15.2 Å². The Morgan fingerprint density at radius 1 is 0.920 bits per heavy atom.